The molecule has 0 fully saturated rings. The van der Waals surface area contributed by atoms with Gasteiger partial charge in [-0.25, -0.2) is 0 Å². The van der Waals surface area contributed by atoms with E-state index in [2.05, 4.69) is 24.1 Å². The summed E-state index contributed by atoms with van der Waals surface area (Å²) < 4.78 is 0. The maximum absolute atomic E-state index is 11.7. The first-order valence-electron chi connectivity index (χ1n) is 6.02. The van der Waals surface area contributed by atoms with E-state index in [1.165, 1.54) is 0 Å². The van der Waals surface area contributed by atoms with E-state index < -0.39 is 0 Å². The molecule has 17 heavy (non-hydrogen) atoms. The van der Waals surface area contributed by atoms with Gasteiger partial charge in [0.25, 0.3) is 5.91 Å². The molecule has 94 valence electrons. The molecule has 1 rings (SSSR count). The van der Waals surface area contributed by atoms with E-state index in [0.29, 0.717) is 18.2 Å². The third-order valence-corrected chi connectivity index (χ3v) is 3.43. The molecule has 0 aliphatic rings. The molecular formula is C13H19ClN2O. The van der Waals surface area contributed by atoms with Crippen molar-refractivity contribution in [1.82, 2.24) is 10.3 Å². The molecule has 1 heterocycles. The molecule has 0 bridgehead atoms. The number of hydrogen-bond acceptors (Lipinski definition) is 2. The molecular weight excluding hydrogens is 236 g/mol. The molecule has 0 radical (unpaired) electrons. The van der Waals surface area contributed by atoms with Crippen LogP contribution in [0.3, 0.4) is 0 Å². The monoisotopic (exact) mass is 254 g/mol. The number of pyridine rings is 1. The Balaban J connectivity index is 2.43. The summed E-state index contributed by atoms with van der Waals surface area (Å²) in [7, 11) is 0. The highest BCUT2D eigenvalue weighted by atomic mass is 35.5. The summed E-state index contributed by atoms with van der Waals surface area (Å²) in [4.78, 5) is 15.7. The third kappa shape index (κ3) is 4.35. The normalized spacial score (nSPS) is 12.5. The molecule has 0 aromatic carbocycles. The first-order valence-corrected chi connectivity index (χ1v) is 6.46. The van der Waals surface area contributed by atoms with Crippen LogP contribution >= 0.6 is 11.6 Å². The molecule has 1 aromatic heterocycles. The van der Waals surface area contributed by atoms with Gasteiger partial charge in [-0.15, -0.1) is 11.6 Å². The van der Waals surface area contributed by atoms with Crippen molar-refractivity contribution < 1.29 is 4.79 Å². The maximum Gasteiger partial charge on any atom is 0.269 e. The van der Waals surface area contributed by atoms with Gasteiger partial charge in [-0.2, -0.15) is 0 Å². The number of nitrogens with zero attached hydrogens (tertiary/aromatic N) is 1. The van der Waals surface area contributed by atoms with E-state index in [-0.39, 0.29) is 11.3 Å². The Kier molecular flexibility index (Phi) is 5.98. The van der Waals surface area contributed by atoms with Crippen LogP contribution in [-0.2, 0) is 0 Å². The van der Waals surface area contributed by atoms with Gasteiger partial charge in [0.2, 0.25) is 0 Å². The van der Waals surface area contributed by atoms with E-state index in [9.17, 15) is 4.79 Å². The van der Waals surface area contributed by atoms with Crippen LogP contribution in [0.15, 0.2) is 24.4 Å². The molecule has 1 atom stereocenters. The Labute approximate surface area is 108 Å². The van der Waals surface area contributed by atoms with Crippen LogP contribution in [0.25, 0.3) is 0 Å². The molecule has 1 unspecified atom stereocenters. The fourth-order valence-electron chi connectivity index (χ4n) is 1.74. The Hall–Kier alpha value is -1.09. The predicted molar refractivity (Wildman–Crippen MR) is 70.3 cm³/mol. The second-order valence-corrected chi connectivity index (χ2v) is 4.58. The van der Waals surface area contributed by atoms with Crippen molar-refractivity contribution in [3.63, 3.8) is 0 Å². The lowest BCUT2D eigenvalue weighted by Gasteiger charge is -2.19. The van der Waals surface area contributed by atoms with E-state index in [0.717, 1.165) is 12.8 Å². The van der Waals surface area contributed by atoms with Crippen molar-refractivity contribution in [2.75, 3.05) is 6.54 Å². The number of halogens is 1. The van der Waals surface area contributed by atoms with Gasteiger partial charge in [0.05, 0.1) is 5.38 Å². The van der Waals surface area contributed by atoms with Crippen LogP contribution in [0, 0.1) is 5.92 Å². The summed E-state index contributed by atoms with van der Waals surface area (Å²) >= 11 is 6.24. The van der Waals surface area contributed by atoms with Gasteiger partial charge in [0, 0.05) is 12.7 Å². The highest BCUT2D eigenvalue weighted by Gasteiger charge is 2.17. The zero-order valence-electron chi connectivity index (χ0n) is 10.3. The van der Waals surface area contributed by atoms with E-state index in [1.54, 1.807) is 24.4 Å². The summed E-state index contributed by atoms with van der Waals surface area (Å²) in [5, 5.41) is 2.80. The number of carbonyl (C=O) groups is 1. The number of nitrogens with one attached hydrogen (secondary N) is 1. The maximum atomic E-state index is 11.7. The van der Waals surface area contributed by atoms with Gasteiger partial charge in [0.15, 0.2) is 0 Å². The van der Waals surface area contributed by atoms with E-state index in [1.807, 2.05) is 0 Å². The minimum Gasteiger partial charge on any atom is -0.349 e. The van der Waals surface area contributed by atoms with Gasteiger partial charge in [-0.1, -0.05) is 32.8 Å². The Morgan fingerprint density at radius 1 is 1.41 bits per heavy atom. The number of hydrogen-bond donors (Lipinski definition) is 1. The fraction of sp³-hybridized carbons (Fsp3) is 0.538. The van der Waals surface area contributed by atoms with Crippen molar-refractivity contribution >= 4 is 17.5 Å². The lowest BCUT2D eigenvalue weighted by molar-refractivity contribution is 0.0946. The van der Waals surface area contributed by atoms with E-state index >= 15 is 0 Å². The van der Waals surface area contributed by atoms with E-state index in [4.69, 9.17) is 11.6 Å². The van der Waals surface area contributed by atoms with Crippen molar-refractivity contribution in [3.8, 4) is 0 Å². The molecule has 0 saturated heterocycles. The quantitative estimate of drug-likeness (QED) is 0.794. The highest BCUT2D eigenvalue weighted by Crippen LogP contribution is 2.17. The second-order valence-electron chi connectivity index (χ2n) is 4.02. The van der Waals surface area contributed by atoms with Gasteiger partial charge >= 0.3 is 0 Å². The lowest BCUT2D eigenvalue weighted by atomic mass is 9.99. The van der Waals surface area contributed by atoms with Crippen LogP contribution in [-0.4, -0.2) is 22.8 Å². The molecule has 3 nitrogen and oxygen atoms in total. The molecule has 0 spiro atoms. The zero-order valence-corrected chi connectivity index (χ0v) is 11.1. The van der Waals surface area contributed by atoms with Gasteiger partial charge < -0.3 is 5.32 Å². The number of aromatic nitrogens is 1. The predicted octanol–water partition coefficient (Wildman–Crippen LogP) is 2.86. The molecule has 0 aliphatic carbocycles. The minimum atomic E-state index is -0.165. The first-order chi connectivity index (χ1) is 8.19. The van der Waals surface area contributed by atoms with Crippen molar-refractivity contribution in [2.45, 2.75) is 32.1 Å². The minimum absolute atomic E-state index is 0.0161. The topological polar surface area (TPSA) is 42.0 Å². The molecule has 1 amide bonds. The average Bonchev–Trinajstić information content (AvgIpc) is 2.38. The fourth-order valence-corrected chi connectivity index (χ4v) is 2.18. The summed E-state index contributed by atoms with van der Waals surface area (Å²) in [5.74, 6) is 0.280. The van der Waals surface area contributed by atoms with Gasteiger partial charge in [-0.05, 0) is 18.1 Å². The van der Waals surface area contributed by atoms with Crippen LogP contribution in [0.2, 0.25) is 0 Å². The number of rotatable bonds is 6. The smallest absolute Gasteiger partial charge is 0.269 e. The highest BCUT2D eigenvalue weighted by molar-refractivity contribution is 6.21. The lowest BCUT2D eigenvalue weighted by Crippen LogP contribution is -2.33. The first kappa shape index (κ1) is 14.0. The molecule has 1 N–H and O–H groups in total. The number of alkyl halides is 1. The average molecular weight is 255 g/mol. The van der Waals surface area contributed by atoms with Crippen molar-refractivity contribution in [3.05, 3.63) is 30.1 Å². The molecule has 4 heteroatoms. The third-order valence-electron chi connectivity index (χ3n) is 2.92. The number of amides is 1. The summed E-state index contributed by atoms with van der Waals surface area (Å²) in [6, 6.07) is 5.27. The summed E-state index contributed by atoms with van der Waals surface area (Å²) in [6.45, 7) is 4.72. The Morgan fingerprint density at radius 3 is 2.65 bits per heavy atom. The Morgan fingerprint density at radius 2 is 2.12 bits per heavy atom. The van der Waals surface area contributed by atoms with Gasteiger partial charge in [0.1, 0.15) is 5.69 Å². The standard InChI is InChI=1S/C13H19ClN2O/c1-3-10(4-2)11(14)9-16-13(17)12-7-5-6-8-15-12/h5-8,10-11H,3-4,9H2,1-2H3,(H,16,17). The van der Waals surface area contributed by atoms with Crippen molar-refractivity contribution in [2.24, 2.45) is 5.92 Å². The summed E-state index contributed by atoms with van der Waals surface area (Å²) in [6.07, 6.45) is 3.67. The van der Waals surface area contributed by atoms with Crippen LogP contribution in [0.5, 0.6) is 0 Å². The molecule has 0 saturated carbocycles. The summed E-state index contributed by atoms with van der Waals surface area (Å²) in [5.41, 5.74) is 0.431. The van der Waals surface area contributed by atoms with Crippen LogP contribution in [0.4, 0.5) is 0 Å². The van der Waals surface area contributed by atoms with Crippen LogP contribution < -0.4 is 5.32 Å². The van der Waals surface area contributed by atoms with Gasteiger partial charge in [-0.3, -0.25) is 9.78 Å². The molecule has 1 aromatic rings. The SMILES string of the molecule is CCC(CC)C(Cl)CNC(=O)c1ccccn1. The molecule has 0 aliphatic heterocycles. The number of carbonyl (C=O) groups excluding carboxylic acids is 1. The largest absolute Gasteiger partial charge is 0.349 e. The van der Waals surface area contributed by atoms with Crippen LogP contribution in [0.1, 0.15) is 37.2 Å². The second kappa shape index (κ2) is 7.28. The Bertz CT molecular complexity index is 339. The van der Waals surface area contributed by atoms with Crippen molar-refractivity contribution in [1.29, 1.82) is 0 Å². The zero-order chi connectivity index (χ0) is 12.7.